The lowest BCUT2D eigenvalue weighted by molar-refractivity contribution is -0.00257. The Bertz CT molecular complexity index is 916. The molecule has 1 aromatic heterocycles. The third kappa shape index (κ3) is 4.62. The van der Waals surface area contributed by atoms with Crippen LogP contribution >= 0.6 is 0 Å². The van der Waals surface area contributed by atoms with E-state index < -0.39 is 11.4 Å². The molecule has 1 saturated carbocycles. The van der Waals surface area contributed by atoms with Gasteiger partial charge in [0, 0.05) is 40.8 Å². The van der Waals surface area contributed by atoms with Crippen LogP contribution in [0.15, 0.2) is 30.5 Å². The number of aromatic nitrogens is 1. The van der Waals surface area contributed by atoms with Gasteiger partial charge in [0.1, 0.15) is 5.82 Å². The highest BCUT2D eigenvalue weighted by molar-refractivity contribution is 5.96. The van der Waals surface area contributed by atoms with E-state index in [-0.39, 0.29) is 34.7 Å². The Hall–Kier alpha value is -2.80. The molecule has 0 spiro atoms. The summed E-state index contributed by atoms with van der Waals surface area (Å²) in [6, 6.07) is 5.80. The zero-order valence-corrected chi connectivity index (χ0v) is 16.7. The van der Waals surface area contributed by atoms with Gasteiger partial charge in [-0.3, -0.25) is 9.78 Å². The normalized spacial score (nSPS) is 19.6. The molecule has 1 amide bonds. The Morgan fingerprint density at radius 3 is 2.59 bits per heavy atom. The van der Waals surface area contributed by atoms with Crippen LogP contribution in [-0.2, 0) is 0 Å². The average molecular weight is 398 g/mol. The summed E-state index contributed by atoms with van der Waals surface area (Å²) in [5.41, 5.74) is 6.51. The first-order chi connectivity index (χ1) is 13.7. The van der Waals surface area contributed by atoms with Crippen molar-refractivity contribution in [3.63, 3.8) is 0 Å². The van der Waals surface area contributed by atoms with Crippen molar-refractivity contribution in [2.24, 2.45) is 5.92 Å². The number of halogens is 1. The SMILES string of the molecule is CC(C)(O)C1CCC(NC(=O)c2ccc(-c3nccc(N)c3C=N)c(F)c2)CC1. The zero-order valence-electron chi connectivity index (χ0n) is 16.7. The van der Waals surface area contributed by atoms with E-state index in [0.29, 0.717) is 11.3 Å². The number of carbonyl (C=O) groups is 1. The van der Waals surface area contributed by atoms with Crippen LogP contribution < -0.4 is 11.1 Å². The summed E-state index contributed by atoms with van der Waals surface area (Å²) in [4.78, 5) is 16.7. The number of rotatable bonds is 5. The van der Waals surface area contributed by atoms with Crippen LogP contribution in [0.3, 0.4) is 0 Å². The number of nitrogens with zero attached hydrogens (tertiary/aromatic N) is 1. The highest BCUT2D eigenvalue weighted by Gasteiger charge is 2.31. The van der Waals surface area contributed by atoms with Gasteiger partial charge in [0.05, 0.1) is 11.3 Å². The first-order valence-corrected chi connectivity index (χ1v) is 9.78. The van der Waals surface area contributed by atoms with Crippen LogP contribution in [0.4, 0.5) is 10.1 Å². The number of hydrogen-bond acceptors (Lipinski definition) is 5. The zero-order chi connectivity index (χ0) is 21.2. The van der Waals surface area contributed by atoms with Gasteiger partial charge in [-0.15, -0.1) is 0 Å². The minimum atomic E-state index is -0.710. The molecule has 154 valence electrons. The average Bonchev–Trinajstić information content (AvgIpc) is 2.67. The summed E-state index contributed by atoms with van der Waals surface area (Å²) in [6.07, 6.45) is 5.77. The molecule has 0 saturated heterocycles. The van der Waals surface area contributed by atoms with Crippen molar-refractivity contribution in [1.82, 2.24) is 10.3 Å². The molecule has 0 bridgehead atoms. The predicted octanol–water partition coefficient (Wildman–Crippen LogP) is 3.53. The van der Waals surface area contributed by atoms with Crippen LogP contribution in [0.1, 0.15) is 55.5 Å². The van der Waals surface area contributed by atoms with Crippen molar-refractivity contribution in [1.29, 1.82) is 5.41 Å². The molecule has 1 aromatic carbocycles. The fourth-order valence-electron chi connectivity index (χ4n) is 3.92. The van der Waals surface area contributed by atoms with Gasteiger partial charge in [0.25, 0.3) is 5.91 Å². The molecule has 3 rings (SSSR count). The Morgan fingerprint density at radius 2 is 2.00 bits per heavy atom. The van der Waals surface area contributed by atoms with E-state index in [1.807, 2.05) is 13.8 Å². The van der Waals surface area contributed by atoms with E-state index in [9.17, 15) is 14.3 Å². The van der Waals surface area contributed by atoms with Gasteiger partial charge < -0.3 is 21.6 Å². The lowest BCUT2D eigenvalue weighted by Gasteiger charge is -2.36. The van der Waals surface area contributed by atoms with Crippen molar-refractivity contribution in [3.05, 3.63) is 47.4 Å². The minimum absolute atomic E-state index is 0.0175. The molecule has 5 N–H and O–H groups in total. The highest BCUT2D eigenvalue weighted by atomic mass is 19.1. The van der Waals surface area contributed by atoms with E-state index in [1.54, 1.807) is 12.1 Å². The molecule has 1 aliphatic carbocycles. The summed E-state index contributed by atoms with van der Waals surface area (Å²) in [5.74, 6) is -0.694. The molecule has 7 heteroatoms. The van der Waals surface area contributed by atoms with E-state index in [1.165, 1.54) is 18.3 Å². The number of carbonyl (C=O) groups excluding carboxylic acids is 1. The monoisotopic (exact) mass is 398 g/mol. The highest BCUT2D eigenvalue weighted by Crippen LogP contribution is 2.33. The topological polar surface area (TPSA) is 112 Å². The van der Waals surface area contributed by atoms with E-state index in [4.69, 9.17) is 11.1 Å². The number of nitrogens with one attached hydrogen (secondary N) is 2. The third-order valence-electron chi connectivity index (χ3n) is 5.72. The van der Waals surface area contributed by atoms with Crippen molar-refractivity contribution >= 4 is 17.8 Å². The maximum atomic E-state index is 14.7. The molecule has 0 radical (unpaired) electrons. The maximum absolute atomic E-state index is 14.7. The van der Waals surface area contributed by atoms with Crippen LogP contribution in [0.5, 0.6) is 0 Å². The quantitative estimate of drug-likeness (QED) is 0.577. The minimum Gasteiger partial charge on any atom is -0.398 e. The van der Waals surface area contributed by atoms with Crippen molar-refractivity contribution in [3.8, 4) is 11.3 Å². The van der Waals surface area contributed by atoms with Crippen LogP contribution in [0.25, 0.3) is 11.3 Å². The fraction of sp³-hybridized carbons (Fsp3) is 0.409. The van der Waals surface area contributed by atoms with E-state index in [0.717, 1.165) is 31.9 Å². The summed E-state index contributed by atoms with van der Waals surface area (Å²) in [6.45, 7) is 3.64. The number of aliphatic hydroxyl groups is 1. The summed E-state index contributed by atoms with van der Waals surface area (Å²) < 4.78 is 14.7. The second-order valence-corrected chi connectivity index (χ2v) is 8.18. The van der Waals surface area contributed by atoms with Gasteiger partial charge in [-0.05, 0) is 69.7 Å². The Labute approximate surface area is 169 Å². The molecule has 29 heavy (non-hydrogen) atoms. The third-order valence-corrected chi connectivity index (χ3v) is 5.72. The molecule has 1 heterocycles. The standard InChI is InChI=1S/C22H27FN4O2/c1-22(2,29)14-4-6-15(7-5-14)27-21(28)13-3-8-16(18(23)11-13)20-17(12-24)19(25)9-10-26-20/h3,8-12,14-15,24,29H,4-7H2,1-2H3,(H2,25,26)(H,27,28). The first kappa shape index (κ1) is 20.9. The number of hydrogen-bond donors (Lipinski definition) is 4. The molecular weight excluding hydrogens is 371 g/mol. The van der Waals surface area contributed by atoms with Crippen LogP contribution in [-0.4, -0.2) is 33.9 Å². The van der Waals surface area contributed by atoms with Crippen molar-refractivity contribution in [2.75, 3.05) is 5.73 Å². The number of benzene rings is 1. The number of nitrogen functional groups attached to an aromatic ring is 1. The predicted molar refractivity (Wildman–Crippen MR) is 111 cm³/mol. The second-order valence-electron chi connectivity index (χ2n) is 8.18. The van der Waals surface area contributed by atoms with Crippen LogP contribution in [0, 0.1) is 17.1 Å². The molecule has 0 atom stereocenters. The second kappa shape index (κ2) is 8.29. The molecular formula is C22H27FN4O2. The molecule has 1 aliphatic rings. The number of anilines is 1. The maximum Gasteiger partial charge on any atom is 0.251 e. The number of amides is 1. The number of nitrogens with two attached hydrogens (primary N) is 1. The summed E-state index contributed by atoms with van der Waals surface area (Å²) >= 11 is 0. The summed E-state index contributed by atoms with van der Waals surface area (Å²) in [7, 11) is 0. The summed E-state index contributed by atoms with van der Waals surface area (Å²) in [5, 5.41) is 20.6. The van der Waals surface area contributed by atoms with Crippen molar-refractivity contribution in [2.45, 2.75) is 51.2 Å². The van der Waals surface area contributed by atoms with Gasteiger partial charge >= 0.3 is 0 Å². The molecule has 0 unspecified atom stereocenters. The van der Waals surface area contributed by atoms with Gasteiger partial charge in [-0.1, -0.05) is 0 Å². The first-order valence-electron chi connectivity index (χ1n) is 9.78. The lowest BCUT2D eigenvalue weighted by Crippen LogP contribution is -2.41. The largest absolute Gasteiger partial charge is 0.398 e. The Morgan fingerprint density at radius 1 is 1.31 bits per heavy atom. The van der Waals surface area contributed by atoms with Crippen LogP contribution in [0.2, 0.25) is 0 Å². The Kier molecular flexibility index (Phi) is 5.98. The van der Waals surface area contributed by atoms with Crippen molar-refractivity contribution < 1.29 is 14.3 Å². The van der Waals surface area contributed by atoms with E-state index >= 15 is 0 Å². The van der Waals surface area contributed by atoms with E-state index in [2.05, 4.69) is 10.3 Å². The fourth-order valence-corrected chi connectivity index (χ4v) is 3.92. The Balaban J connectivity index is 1.72. The van der Waals surface area contributed by atoms with Gasteiger partial charge in [-0.2, -0.15) is 0 Å². The lowest BCUT2D eigenvalue weighted by atomic mass is 9.77. The molecule has 2 aromatic rings. The smallest absolute Gasteiger partial charge is 0.251 e. The molecule has 0 aliphatic heterocycles. The molecule has 1 fully saturated rings. The number of pyridine rings is 1. The van der Waals surface area contributed by atoms with Gasteiger partial charge in [-0.25, -0.2) is 4.39 Å². The van der Waals surface area contributed by atoms with Gasteiger partial charge in [0.15, 0.2) is 0 Å². The van der Waals surface area contributed by atoms with Gasteiger partial charge in [0.2, 0.25) is 0 Å². The molecule has 6 nitrogen and oxygen atoms in total.